The zero-order valence-electron chi connectivity index (χ0n) is 33.4. The molecule has 0 saturated carbocycles. The van der Waals surface area contributed by atoms with E-state index in [1.165, 1.54) is 98.6 Å². The third kappa shape index (κ3) is 10.1. The van der Waals surface area contributed by atoms with E-state index in [1.54, 1.807) is 0 Å². The fraction of sp³-hybridized carbons (Fsp3) is 0.250. The fourth-order valence-corrected chi connectivity index (χ4v) is 14.1. The summed E-state index contributed by atoms with van der Waals surface area (Å²) in [6.07, 6.45) is 0. The van der Waals surface area contributed by atoms with Crippen LogP contribution in [0.5, 0.6) is 0 Å². The summed E-state index contributed by atoms with van der Waals surface area (Å²) in [5, 5.41) is 9.12. The van der Waals surface area contributed by atoms with Crippen molar-refractivity contribution < 1.29 is 50.7 Å². The van der Waals surface area contributed by atoms with Gasteiger partial charge in [-0.05, 0) is 198 Å². The molecular formula is C48H54Br2CoP2. The van der Waals surface area contributed by atoms with Crippen molar-refractivity contribution in [1.29, 1.82) is 0 Å². The summed E-state index contributed by atoms with van der Waals surface area (Å²) in [7, 11) is -1.14. The average molecular weight is 912 g/mol. The molecule has 0 spiro atoms. The van der Waals surface area contributed by atoms with Crippen LogP contribution in [0.2, 0.25) is 0 Å². The number of hydrogen-bond acceptors (Lipinski definition) is 0. The summed E-state index contributed by atoms with van der Waals surface area (Å²) >= 11 is 0. The predicted octanol–water partition coefficient (Wildman–Crippen LogP) is 4.60. The number of hydrogen-bond donors (Lipinski definition) is 0. The van der Waals surface area contributed by atoms with Crippen molar-refractivity contribution in [2.45, 2.75) is 83.1 Å². The molecule has 0 aliphatic carbocycles. The standard InChI is InChI=1S/2C24H27P.2BrH.Co/c2*1-16-10-7-11-17(2)22(16)25(23-18(3)12-8-13-19(23)4)24-20(5)14-9-15-21(24)6;;;/h2*7-15H,1-6H3;2*1H;/q;;;;+2/p-2. The second-order valence-electron chi connectivity index (χ2n) is 14.1. The van der Waals surface area contributed by atoms with Crippen LogP contribution < -0.4 is 65.8 Å². The van der Waals surface area contributed by atoms with E-state index in [4.69, 9.17) is 0 Å². The number of aryl methyl sites for hydroxylation is 12. The van der Waals surface area contributed by atoms with E-state index in [0.717, 1.165) is 0 Å². The molecule has 6 aromatic rings. The van der Waals surface area contributed by atoms with Crippen LogP contribution in [0.3, 0.4) is 0 Å². The molecule has 0 unspecified atom stereocenters. The Balaban J connectivity index is 0.000000347. The molecule has 0 heterocycles. The van der Waals surface area contributed by atoms with Crippen molar-refractivity contribution in [3.05, 3.63) is 176 Å². The van der Waals surface area contributed by atoms with Gasteiger partial charge < -0.3 is 34.0 Å². The van der Waals surface area contributed by atoms with Gasteiger partial charge in [-0.15, -0.1) is 0 Å². The Bertz CT molecular complexity index is 1650. The van der Waals surface area contributed by atoms with Crippen molar-refractivity contribution in [3.8, 4) is 0 Å². The van der Waals surface area contributed by atoms with Crippen LogP contribution >= 0.6 is 15.8 Å². The van der Waals surface area contributed by atoms with Crippen molar-refractivity contribution in [2.75, 3.05) is 0 Å². The van der Waals surface area contributed by atoms with Crippen LogP contribution in [0.15, 0.2) is 109 Å². The molecular weight excluding hydrogens is 857 g/mol. The normalized spacial score (nSPS) is 10.5. The molecule has 0 fully saturated rings. The Morgan fingerprint density at radius 3 is 0.415 bits per heavy atom. The van der Waals surface area contributed by atoms with Gasteiger partial charge in [0.25, 0.3) is 0 Å². The van der Waals surface area contributed by atoms with E-state index < -0.39 is 15.8 Å². The van der Waals surface area contributed by atoms with Crippen molar-refractivity contribution in [2.24, 2.45) is 0 Å². The predicted molar refractivity (Wildman–Crippen MR) is 227 cm³/mol. The van der Waals surface area contributed by atoms with E-state index in [2.05, 4.69) is 192 Å². The SMILES string of the molecule is Cc1cccc(C)c1P(c1c(C)cccc1C)c1c(C)cccc1C.Cc1cccc(C)c1P(c1c(C)cccc1C)c1c(C)cccc1C.[Br-].[Br-].[Co+2]. The van der Waals surface area contributed by atoms with E-state index >= 15 is 0 Å². The first-order valence-corrected chi connectivity index (χ1v) is 20.5. The smallest absolute Gasteiger partial charge is 1.00 e. The number of halogens is 2. The topological polar surface area (TPSA) is 0 Å². The van der Waals surface area contributed by atoms with E-state index in [-0.39, 0.29) is 50.7 Å². The monoisotopic (exact) mass is 909 g/mol. The van der Waals surface area contributed by atoms with Gasteiger partial charge in [0.15, 0.2) is 0 Å². The molecule has 0 aliphatic heterocycles. The first kappa shape index (κ1) is 46.8. The van der Waals surface area contributed by atoms with E-state index in [1.807, 2.05) is 0 Å². The van der Waals surface area contributed by atoms with Crippen molar-refractivity contribution >= 4 is 47.7 Å². The van der Waals surface area contributed by atoms with E-state index in [9.17, 15) is 0 Å². The van der Waals surface area contributed by atoms with Gasteiger partial charge in [0, 0.05) is 0 Å². The van der Waals surface area contributed by atoms with Crippen LogP contribution in [-0.4, -0.2) is 0 Å². The summed E-state index contributed by atoms with van der Waals surface area (Å²) in [5.74, 6) is 0. The van der Waals surface area contributed by atoms with Gasteiger partial charge in [-0.1, -0.05) is 109 Å². The second kappa shape index (κ2) is 20.5. The molecule has 0 saturated heterocycles. The Hall–Kier alpha value is -2.35. The molecule has 0 nitrogen and oxygen atoms in total. The molecule has 0 atom stereocenters. The zero-order valence-corrected chi connectivity index (χ0v) is 39.4. The molecule has 0 bridgehead atoms. The third-order valence-corrected chi connectivity index (χ3v) is 16.9. The van der Waals surface area contributed by atoms with Crippen LogP contribution in [0.25, 0.3) is 0 Å². The van der Waals surface area contributed by atoms with Gasteiger partial charge in [-0.25, -0.2) is 0 Å². The summed E-state index contributed by atoms with van der Waals surface area (Å²) in [5.41, 5.74) is 16.8. The second-order valence-corrected chi connectivity index (χ2v) is 18.1. The third-order valence-electron chi connectivity index (χ3n) is 9.98. The van der Waals surface area contributed by atoms with Crippen molar-refractivity contribution in [3.63, 3.8) is 0 Å². The van der Waals surface area contributed by atoms with Gasteiger partial charge in [0.2, 0.25) is 0 Å². The van der Waals surface area contributed by atoms with Gasteiger partial charge >= 0.3 is 16.8 Å². The summed E-state index contributed by atoms with van der Waals surface area (Å²) in [6, 6.07) is 40.2. The molecule has 0 N–H and O–H groups in total. The van der Waals surface area contributed by atoms with E-state index in [0.29, 0.717) is 0 Å². The van der Waals surface area contributed by atoms with Crippen LogP contribution in [0.1, 0.15) is 66.8 Å². The van der Waals surface area contributed by atoms with Gasteiger partial charge in [0.1, 0.15) is 0 Å². The molecule has 1 radical (unpaired) electrons. The molecule has 6 rings (SSSR count). The maximum atomic E-state index is 2.26. The van der Waals surface area contributed by atoms with Gasteiger partial charge in [-0.2, -0.15) is 0 Å². The molecule has 279 valence electrons. The average Bonchev–Trinajstić information content (AvgIpc) is 3.04. The molecule has 5 heteroatoms. The maximum absolute atomic E-state index is 2.26. The van der Waals surface area contributed by atoms with Gasteiger partial charge in [-0.3, -0.25) is 0 Å². The van der Waals surface area contributed by atoms with Gasteiger partial charge in [0.05, 0.1) is 0 Å². The number of benzene rings is 6. The quantitative estimate of drug-likeness (QED) is 0.215. The maximum Gasteiger partial charge on any atom is 2.00 e. The molecule has 6 aromatic carbocycles. The summed E-state index contributed by atoms with van der Waals surface area (Å²) < 4.78 is 0. The van der Waals surface area contributed by atoms with Crippen LogP contribution in [-0.2, 0) is 16.8 Å². The Morgan fingerprint density at radius 1 is 0.226 bits per heavy atom. The van der Waals surface area contributed by atoms with Crippen LogP contribution in [0.4, 0.5) is 0 Å². The Labute approximate surface area is 354 Å². The molecule has 0 aromatic heterocycles. The Kier molecular flexibility index (Phi) is 18.1. The molecule has 0 aliphatic rings. The number of rotatable bonds is 6. The fourth-order valence-electron chi connectivity index (χ4n) is 7.62. The minimum atomic E-state index is -0.571. The zero-order chi connectivity index (χ0) is 36.3. The minimum absolute atomic E-state index is 0. The largest absolute Gasteiger partial charge is 2.00 e. The molecule has 53 heavy (non-hydrogen) atoms. The van der Waals surface area contributed by atoms with Crippen molar-refractivity contribution in [1.82, 2.24) is 0 Å². The first-order chi connectivity index (χ1) is 23.8. The van der Waals surface area contributed by atoms with Crippen LogP contribution in [0, 0.1) is 83.1 Å². The minimum Gasteiger partial charge on any atom is -1.00 e. The molecule has 0 amide bonds. The Morgan fingerprint density at radius 2 is 0.321 bits per heavy atom. The summed E-state index contributed by atoms with van der Waals surface area (Å²) in [4.78, 5) is 0. The summed E-state index contributed by atoms with van der Waals surface area (Å²) in [6.45, 7) is 27.2. The first-order valence-electron chi connectivity index (χ1n) is 17.8.